The first-order valence-corrected chi connectivity index (χ1v) is 6.25. The molecule has 0 radical (unpaired) electrons. The topological polar surface area (TPSA) is 0 Å². The minimum absolute atomic E-state index is 0.853. The van der Waals surface area contributed by atoms with Crippen molar-refractivity contribution in [3.8, 4) is 0 Å². The first-order valence-electron chi connectivity index (χ1n) is 6.25. The summed E-state index contributed by atoms with van der Waals surface area (Å²) in [5, 5.41) is 0. The fraction of sp³-hybridized carbons (Fsp3) is 0.733. The lowest BCUT2D eigenvalue weighted by Gasteiger charge is -1.97. The zero-order valence-electron chi connectivity index (χ0n) is 12.2. The van der Waals surface area contributed by atoms with Crippen LogP contribution in [-0.2, 0) is 0 Å². The van der Waals surface area contributed by atoms with E-state index in [1.165, 1.54) is 18.4 Å². The molecular weight excluding hydrogens is 180 g/mol. The SMILES string of the molecule is C/C=C/CCC(C)C.CC.CC=C(C)C. The molecule has 0 spiro atoms. The smallest absolute Gasteiger partial charge is 0.0348 e. The van der Waals surface area contributed by atoms with Gasteiger partial charge >= 0.3 is 0 Å². The number of allylic oxidation sites excluding steroid dienone is 4. The average molecular weight is 212 g/mol. The van der Waals surface area contributed by atoms with E-state index < -0.39 is 0 Å². The monoisotopic (exact) mass is 212 g/mol. The van der Waals surface area contributed by atoms with Crippen molar-refractivity contribution in [3.63, 3.8) is 0 Å². The van der Waals surface area contributed by atoms with Gasteiger partial charge in [-0.3, -0.25) is 0 Å². The minimum atomic E-state index is 0.853. The molecule has 0 N–H and O–H groups in total. The van der Waals surface area contributed by atoms with Crippen molar-refractivity contribution in [2.24, 2.45) is 5.92 Å². The maximum Gasteiger partial charge on any atom is -0.0348 e. The summed E-state index contributed by atoms with van der Waals surface area (Å²) < 4.78 is 0. The second-order valence-electron chi connectivity index (χ2n) is 3.91. The minimum Gasteiger partial charge on any atom is -0.0917 e. The Morgan fingerprint density at radius 2 is 1.47 bits per heavy atom. The second kappa shape index (κ2) is 19.1. The molecule has 0 unspecified atom stereocenters. The van der Waals surface area contributed by atoms with Gasteiger partial charge in [0.05, 0.1) is 0 Å². The highest BCUT2D eigenvalue weighted by Crippen LogP contribution is 2.02. The average Bonchev–Trinajstić information content (AvgIpc) is 2.21. The lowest BCUT2D eigenvalue weighted by atomic mass is 10.1. The Labute approximate surface area is 98.5 Å². The van der Waals surface area contributed by atoms with Gasteiger partial charge in [-0.05, 0) is 46.5 Å². The van der Waals surface area contributed by atoms with Gasteiger partial charge in [0.2, 0.25) is 0 Å². The van der Waals surface area contributed by atoms with Gasteiger partial charge in [-0.25, -0.2) is 0 Å². The van der Waals surface area contributed by atoms with Gasteiger partial charge < -0.3 is 0 Å². The Morgan fingerprint density at radius 1 is 1.07 bits per heavy atom. The lowest BCUT2D eigenvalue weighted by Crippen LogP contribution is -1.82. The third-order valence-corrected chi connectivity index (χ3v) is 1.72. The van der Waals surface area contributed by atoms with Crippen molar-refractivity contribution in [3.05, 3.63) is 23.8 Å². The highest BCUT2D eigenvalue weighted by molar-refractivity contribution is 4.88. The van der Waals surface area contributed by atoms with Crippen molar-refractivity contribution < 1.29 is 0 Å². The Bertz CT molecular complexity index is 134. The van der Waals surface area contributed by atoms with Crippen molar-refractivity contribution in [2.75, 3.05) is 0 Å². The van der Waals surface area contributed by atoms with Crippen LogP contribution in [0.3, 0.4) is 0 Å². The standard InChI is InChI=1S/C8H16.C5H10.C2H6/c1-4-5-6-7-8(2)3;1-4-5(2)3;1-2/h4-5,8H,6-7H2,1-3H3;4H,1-3H3;1-2H3/b5-4+;;. The maximum atomic E-state index is 2.25. The summed E-state index contributed by atoms with van der Waals surface area (Å²) in [4.78, 5) is 0. The Balaban J connectivity index is -0.000000177. The number of hydrogen-bond donors (Lipinski definition) is 0. The van der Waals surface area contributed by atoms with E-state index in [2.05, 4.69) is 52.8 Å². The molecule has 0 aromatic rings. The number of rotatable bonds is 3. The van der Waals surface area contributed by atoms with E-state index in [-0.39, 0.29) is 0 Å². The molecule has 0 aliphatic heterocycles. The van der Waals surface area contributed by atoms with Crippen LogP contribution in [0.15, 0.2) is 23.8 Å². The van der Waals surface area contributed by atoms with Crippen molar-refractivity contribution in [1.82, 2.24) is 0 Å². The summed E-state index contributed by atoms with van der Waals surface area (Å²) in [5.41, 5.74) is 1.38. The predicted molar refractivity (Wildman–Crippen MR) is 75.3 cm³/mol. The molecule has 0 aliphatic carbocycles. The van der Waals surface area contributed by atoms with E-state index >= 15 is 0 Å². The highest BCUT2D eigenvalue weighted by atomic mass is 13.9. The van der Waals surface area contributed by atoms with E-state index in [0.717, 1.165) is 5.92 Å². The molecule has 0 amide bonds. The zero-order chi connectivity index (χ0) is 12.7. The van der Waals surface area contributed by atoms with Crippen molar-refractivity contribution in [2.45, 2.75) is 68.2 Å². The summed E-state index contributed by atoms with van der Waals surface area (Å²) >= 11 is 0. The van der Waals surface area contributed by atoms with Crippen LogP contribution < -0.4 is 0 Å². The fourth-order valence-electron chi connectivity index (χ4n) is 0.596. The summed E-state index contributed by atoms with van der Waals surface area (Å²) in [6, 6.07) is 0. The third-order valence-electron chi connectivity index (χ3n) is 1.72. The third kappa shape index (κ3) is 42.3. The van der Waals surface area contributed by atoms with Gasteiger partial charge in [-0.15, -0.1) is 0 Å². The number of hydrogen-bond acceptors (Lipinski definition) is 0. The van der Waals surface area contributed by atoms with E-state index in [1.807, 2.05) is 20.8 Å². The molecule has 0 aliphatic rings. The van der Waals surface area contributed by atoms with E-state index in [9.17, 15) is 0 Å². The van der Waals surface area contributed by atoms with E-state index in [4.69, 9.17) is 0 Å². The lowest BCUT2D eigenvalue weighted by molar-refractivity contribution is 0.594. The van der Waals surface area contributed by atoms with Crippen molar-refractivity contribution >= 4 is 0 Å². The molecule has 15 heavy (non-hydrogen) atoms. The molecule has 0 nitrogen and oxygen atoms in total. The molecule has 0 rings (SSSR count). The van der Waals surface area contributed by atoms with E-state index in [1.54, 1.807) is 0 Å². The first-order chi connectivity index (χ1) is 7.04. The second-order valence-corrected chi connectivity index (χ2v) is 3.91. The molecular formula is C15H32. The molecule has 0 bridgehead atoms. The predicted octanol–water partition coefficient (Wildman–Crippen LogP) is 6.00. The largest absolute Gasteiger partial charge is 0.0917 e. The summed E-state index contributed by atoms with van der Waals surface area (Å²) in [7, 11) is 0. The van der Waals surface area contributed by atoms with Crippen LogP contribution in [-0.4, -0.2) is 0 Å². The van der Waals surface area contributed by atoms with Crippen LogP contribution in [0.1, 0.15) is 68.2 Å². The van der Waals surface area contributed by atoms with Crippen molar-refractivity contribution in [1.29, 1.82) is 0 Å². The Hall–Kier alpha value is -0.520. The summed E-state index contributed by atoms with van der Waals surface area (Å²) in [6.07, 6.45) is 8.99. The summed E-state index contributed by atoms with van der Waals surface area (Å²) in [5.74, 6) is 0.853. The Kier molecular flexibility index (Phi) is 25.4. The van der Waals surface area contributed by atoms with Gasteiger partial charge in [0, 0.05) is 0 Å². The molecule has 0 saturated heterocycles. The van der Waals surface area contributed by atoms with Crippen LogP contribution in [0.25, 0.3) is 0 Å². The van der Waals surface area contributed by atoms with Gasteiger partial charge in [-0.1, -0.05) is 51.5 Å². The molecule has 0 fully saturated rings. The molecule has 0 saturated carbocycles. The van der Waals surface area contributed by atoms with Crippen LogP contribution in [0.2, 0.25) is 0 Å². The molecule has 0 heteroatoms. The van der Waals surface area contributed by atoms with E-state index in [0.29, 0.717) is 0 Å². The Morgan fingerprint density at radius 3 is 1.67 bits per heavy atom. The van der Waals surface area contributed by atoms with Crippen LogP contribution in [0.4, 0.5) is 0 Å². The first kappa shape index (κ1) is 20.0. The molecule has 92 valence electrons. The maximum absolute atomic E-state index is 2.25. The molecule has 0 heterocycles. The zero-order valence-corrected chi connectivity index (χ0v) is 12.2. The van der Waals surface area contributed by atoms with Gasteiger partial charge in [0.25, 0.3) is 0 Å². The van der Waals surface area contributed by atoms with Crippen LogP contribution >= 0.6 is 0 Å². The molecule has 0 aromatic heterocycles. The molecule has 0 aromatic carbocycles. The molecule has 0 atom stereocenters. The van der Waals surface area contributed by atoms with Crippen LogP contribution in [0, 0.1) is 5.92 Å². The fourth-order valence-corrected chi connectivity index (χ4v) is 0.596. The summed E-state index contributed by atoms with van der Waals surface area (Å²) in [6.45, 7) is 16.8. The normalized spacial score (nSPS) is 8.87. The van der Waals surface area contributed by atoms with Gasteiger partial charge in [0.1, 0.15) is 0 Å². The highest BCUT2D eigenvalue weighted by Gasteiger charge is 1.87. The van der Waals surface area contributed by atoms with Gasteiger partial charge in [-0.2, -0.15) is 0 Å². The quantitative estimate of drug-likeness (QED) is 0.503. The van der Waals surface area contributed by atoms with Gasteiger partial charge in [0.15, 0.2) is 0 Å². The van der Waals surface area contributed by atoms with Crippen LogP contribution in [0.5, 0.6) is 0 Å².